The summed E-state index contributed by atoms with van der Waals surface area (Å²) in [6, 6.07) is 0. The van der Waals surface area contributed by atoms with Crippen LogP contribution in [0.4, 0.5) is 0 Å². The lowest BCUT2D eigenvalue weighted by atomic mass is 10.1. The maximum Gasteiger partial charge on any atom is 0.303 e. The van der Waals surface area contributed by atoms with Gasteiger partial charge in [0.2, 0.25) is 0 Å². The molecule has 0 aromatic rings. The van der Waals surface area contributed by atoms with Gasteiger partial charge in [-0.15, -0.1) is 0 Å². The van der Waals surface area contributed by atoms with Crippen LogP contribution >= 0.6 is 0 Å². The average molecular weight is 229 g/mol. The molecule has 0 unspecified atom stereocenters. The van der Waals surface area contributed by atoms with E-state index in [0.29, 0.717) is 6.42 Å². The lowest BCUT2D eigenvalue weighted by Crippen LogP contribution is -2.21. The topological polar surface area (TPSA) is 40.5 Å². The van der Waals surface area contributed by atoms with Crippen LogP contribution in [0.1, 0.15) is 58.3 Å². The van der Waals surface area contributed by atoms with Crippen LogP contribution in [-0.4, -0.2) is 36.1 Å². The number of carboxylic acid groups (broad SMARTS) is 1. The van der Waals surface area contributed by atoms with Crippen LogP contribution in [0.25, 0.3) is 0 Å². The highest BCUT2D eigenvalue weighted by atomic mass is 16.4. The molecular weight excluding hydrogens is 202 g/mol. The van der Waals surface area contributed by atoms with Crippen molar-refractivity contribution in [3.63, 3.8) is 0 Å². The summed E-state index contributed by atoms with van der Waals surface area (Å²) in [5, 5.41) is 8.50. The van der Waals surface area contributed by atoms with E-state index in [0.717, 1.165) is 19.5 Å². The first-order chi connectivity index (χ1) is 7.66. The summed E-state index contributed by atoms with van der Waals surface area (Å²) < 4.78 is 0. The molecule has 0 aromatic carbocycles. The van der Waals surface area contributed by atoms with Crippen LogP contribution in [0.2, 0.25) is 0 Å². The first-order valence-electron chi connectivity index (χ1n) is 6.57. The molecule has 0 aliphatic rings. The molecule has 3 nitrogen and oxygen atoms in total. The van der Waals surface area contributed by atoms with Crippen molar-refractivity contribution in [1.82, 2.24) is 4.90 Å². The summed E-state index contributed by atoms with van der Waals surface area (Å²) in [6.07, 6.45) is 8.97. The summed E-state index contributed by atoms with van der Waals surface area (Å²) in [7, 11) is 2.08. The molecule has 0 rings (SSSR count). The molecule has 0 fully saturated rings. The molecule has 3 heteroatoms. The maximum absolute atomic E-state index is 10.3. The number of carboxylic acids is 1. The number of hydrogen-bond donors (Lipinski definition) is 1. The van der Waals surface area contributed by atoms with Gasteiger partial charge >= 0.3 is 5.97 Å². The van der Waals surface area contributed by atoms with E-state index in [1.165, 1.54) is 38.5 Å². The minimum Gasteiger partial charge on any atom is -0.481 e. The Hall–Kier alpha value is -0.570. The van der Waals surface area contributed by atoms with E-state index >= 15 is 0 Å². The zero-order chi connectivity index (χ0) is 12.2. The molecule has 0 aliphatic carbocycles. The summed E-state index contributed by atoms with van der Waals surface area (Å²) >= 11 is 0. The van der Waals surface area contributed by atoms with Gasteiger partial charge in [-0.05, 0) is 33.0 Å². The number of carbonyl (C=O) groups is 1. The third-order valence-electron chi connectivity index (χ3n) is 2.82. The second kappa shape index (κ2) is 10.9. The van der Waals surface area contributed by atoms with Crippen LogP contribution < -0.4 is 0 Å². The van der Waals surface area contributed by atoms with Gasteiger partial charge in [-0.3, -0.25) is 4.79 Å². The number of rotatable bonds is 11. The van der Waals surface area contributed by atoms with E-state index in [2.05, 4.69) is 18.9 Å². The second-order valence-corrected chi connectivity index (χ2v) is 4.57. The van der Waals surface area contributed by atoms with Crippen LogP contribution in [-0.2, 0) is 4.79 Å². The minimum atomic E-state index is -0.687. The minimum absolute atomic E-state index is 0.292. The van der Waals surface area contributed by atoms with Gasteiger partial charge < -0.3 is 10.0 Å². The number of aliphatic carboxylic acids is 1. The lowest BCUT2D eigenvalue weighted by Gasteiger charge is -2.15. The molecule has 0 aliphatic heterocycles. The highest BCUT2D eigenvalue weighted by molar-refractivity contribution is 5.66. The highest BCUT2D eigenvalue weighted by Crippen LogP contribution is 2.05. The molecule has 0 bridgehead atoms. The fourth-order valence-electron chi connectivity index (χ4n) is 1.77. The Morgan fingerprint density at radius 2 is 1.56 bits per heavy atom. The third-order valence-corrected chi connectivity index (χ3v) is 2.82. The van der Waals surface area contributed by atoms with Crippen molar-refractivity contribution in [1.29, 1.82) is 0 Å². The normalized spacial score (nSPS) is 10.9. The Labute approximate surface area is 99.8 Å². The van der Waals surface area contributed by atoms with Crippen molar-refractivity contribution >= 4 is 5.97 Å². The van der Waals surface area contributed by atoms with E-state index in [-0.39, 0.29) is 0 Å². The van der Waals surface area contributed by atoms with E-state index in [9.17, 15) is 4.79 Å². The SMILES string of the molecule is CCCCCCCCN(C)CCCC(=O)O. The summed E-state index contributed by atoms with van der Waals surface area (Å²) in [6.45, 7) is 4.24. The van der Waals surface area contributed by atoms with Gasteiger partial charge in [-0.1, -0.05) is 39.0 Å². The average Bonchev–Trinajstić information content (AvgIpc) is 2.22. The molecule has 0 saturated heterocycles. The Kier molecular flexibility index (Phi) is 10.5. The molecular formula is C13H27NO2. The number of nitrogens with zero attached hydrogens (tertiary/aromatic N) is 1. The molecule has 0 atom stereocenters. The van der Waals surface area contributed by atoms with Gasteiger partial charge in [0.15, 0.2) is 0 Å². The Balaban J connectivity index is 3.17. The molecule has 0 aromatic heterocycles. The molecule has 0 saturated carbocycles. The number of unbranched alkanes of at least 4 members (excludes halogenated alkanes) is 5. The van der Waals surface area contributed by atoms with Gasteiger partial charge in [-0.2, -0.15) is 0 Å². The second-order valence-electron chi connectivity index (χ2n) is 4.57. The van der Waals surface area contributed by atoms with Gasteiger partial charge in [-0.25, -0.2) is 0 Å². The van der Waals surface area contributed by atoms with Gasteiger partial charge in [0, 0.05) is 6.42 Å². The highest BCUT2D eigenvalue weighted by Gasteiger charge is 2.00. The first kappa shape index (κ1) is 15.4. The summed E-state index contributed by atoms with van der Waals surface area (Å²) in [5.41, 5.74) is 0. The third kappa shape index (κ3) is 11.5. The quantitative estimate of drug-likeness (QED) is 0.553. The Morgan fingerprint density at radius 3 is 2.19 bits per heavy atom. The summed E-state index contributed by atoms with van der Waals surface area (Å²) in [4.78, 5) is 12.6. The van der Waals surface area contributed by atoms with Crippen molar-refractivity contribution in [2.45, 2.75) is 58.3 Å². The van der Waals surface area contributed by atoms with Crippen LogP contribution in [0.3, 0.4) is 0 Å². The van der Waals surface area contributed by atoms with Crippen LogP contribution in [0.5, 0.6) is 0 Å². The molecule has 0 amide bonds. The van der Waals surface area contributed by atoms with E-state index < -0.39 is 5.97 Å². The maximum atomic E-state index is 10.3. The molecule has 0 heterocycles. The molecule has 0 radical (unpaired) electrons. The van der Waals surface area contributed by atoms with Gasteiger partial charge in [0.1, 0.15) is 0 Å². The largest absolute Gasteiger partial charge is 0.481 e. The van der Waals surface area contributed by atoms with Crippen molar-refractivity contribution < 1.29 is 9.90 Å². The van der Waals surface area contributed by atoms with E-state index in [4.69, 9.17) is 5.11 Å². The predicted molar refractivity (Wildman–Crippen MR) is 67.7 cm³/mol. The van der Waals surface area contributed by atoms with Crippen molar-refractivity contribution in [2.75, 3.05) is 20.1 Å². The van der Waals surface area contributed by atoms with Crippen molar-refractivity contribution in [3.8, 4) is 0 Å². The van der Waals surface area contributed by atoms with Crippen LogP contribution in [0.15, 0.2) is 0 Å². The first-order valence-corrected chi connectivity index (χ1v) is 6.57. The lowest BCUT2D eigenvalue weighted by molar-refractivity contribution is -0.137. The monoisotopic (exact) mass is 229 g/mol. The fraction of sp³-hybridized carbons (Fsp3) is 0.923. The van der Waals surface area contributed by atoms with Crippen LogP contribution in [0, 0.1) is 0 Å². The molecule has 0 spiro atoms. The molecule has 1 N–H and O–H groups in total. The Morgan fingerprint density at radius 1 is 1.00 bits per heavy atom. The standard InChI is InChI=1S/C13H27NO2/c1-3-4-5-6-7-8-11-14(2)12-9-10-13(15)16/h3-12H2,1-2H3,(H,15,16). The Bertz CT molecular complexity index is 171. The van der Waals surface area contributed by atoms with Crippen molar-refractivity contribution in [2.24, 2.45) is 0 Å². The van der Waals surface area contributed by atoms with Crippen molar-refractivity contribution in [3.05, 3.63) is 0 Å². The zero-order valence-electron chi connectivity index (χ0n) is 10.9. The van der Waals surface area contributed by atoms with Gasteiger partial charge in [0.25, 0.3) is 0 Å². The smallest absolute Gasteiger partial charge is 0.303 e. The summed E-state index contributed by atoms with van der Waals surface area (Å²) in [5.74, 6) is -0.687. The molecule has 96 valence electrons. The number of hydrogen-bond acceptors (Lipinski definition) is 2. The van der Waals surface area contributed by atoms with E-state index in [1.807, 2.05) is 0 Å². The predicted octanol–water partition coefficient (Wildman–Crippen LogP) is 3.14. The zero-order valence-corrected chi connectivity index (χ0v) is 10.9. The molecule has 16 heavy (non-hydrogen) atoms. The van der Waals surface area contributed by atoms with Gasteiger partial charge in [0.05, 0.1) is 0 Å². The fourth-order valence-corrected chi connectivity index (χ4v) is 1.77. The van der Waals surface area contributed by atoms with E-state index in [1.54, 1.807) is 0 Å².